The van der Waals surface area contributed by atoms with Crippen LogP contribution in [0.4, 0.5) is 20.6 Å². The number of morpholine rings is 1. The zero-order valence-electron chi connectivity index (χ0n) is 23.4. The van der Waals surface area contributed by atoms with Gasteiger partial charge in [-0.15, -0.1) is 0 Å². The van der Waals surface area contributed by atoms with Crippen molar-refractivity contribution in [3.05, 3.63) is 95.3 Å². The Morgan fingerprint density at radius 1 is 0.925 bits per heavy atom. The van der Waals surface area contributed by atoms with E-state index in [-0.39, 0.29) is 12.4 Å². The fraction of sp³-hybridized carbons (Fsp3) is 0.424. The molecule has 2 aliphatic heterocycles. The van der Waals surface area contributed by atoms with E-state index in [1.807, 2.05) is 41.3 Å². The number of carbonyl (C=O) groups is 1. The normalized spacial score (nSPS) is 16.6. The molecule has 0 atom stereocenters. The molecule has 0 bridgehead atoms. The van der Waals surface area contributed by atoms with Crippen LogP contribution >= 0.6 is 0 Å². The monoisotopic (exact) mass is 545 g/mol. The number of rotatable bonds is 9. The van der Waals surface area contributed by atoms with Crippen molar-refractivity contribution in [2.24, 2.45) is 5.92 Å². The third kappa shape index (κ3) is 7.40. The highest BCUT2D eigenvalue weighted by Gasteiger charge is 2.27. The average Bonchev–Trinajstić information content (AvgIpc) is 3.01. The maximum Gasteiger partial charge on any atom is 0.414 e. The number of aryl methyl sites for hydroxylation is 1. The van der Waals surface area contributed by atoms with Crippen LogP contribution in [0.15, 0.2) is 72.8 Å². The van der Waals surface area contributed by atoms with Crippen molar-refractivity contribution in [2.75, 3.05) is 55.7 Å². The first-order valence-corrected chi connectivity index (χ1v) is 14.5. The minimum atomic E-state index is -0.444. The smallest absolute Gasteiger partial charge is 0.414 e. The Balaban J connectivity index is 1.25. The van der Waals surface area contributed by atoms with Gasteiger partial charge in [0, 0.05) is 26.2 Å². The third-order valence-corrected chi connectivity index (χ3v) is 8.01. The molecule has 7 heteroatoms. The standard InChI is InChI=1S/C33H40FN3O3/c1-2-26-8-10-27(11-9-26)23-35-16-14-28(15-17-35)24-37(33(38)40-25-29-6-4-3-5-7-29)30-12-13-32(31(34)22-30)36-18-20-39-21-19-36/h3-13,22,28H,2,14-21,23-25H2,1H3. The van der Waals surface area contributed by atoms with Gasteiger partial charge in [0.25, 0.3) is 0 Å². The average molecular weight is 546 g/mol. The summed E-state index contributed by atoms with van der Waals surface area (Å²) in [5, 5.41) is 0. The first-order valence-electron chi connectivity index (χ1n) is 14.5. The van der Waals surface area contributed by atoms with E-state index in [2.05, 4.69) is 36.1 Å². The van der Waals surface area contributed by atoms with E-state index in [0.717, 1.165) is 44.5 Å². The lowest BCUT2D eigenvalue weighted by molar-refractivity contribution is 0.122. The largest absolute Gasteiger partial charge is 0.444 e. The Labute approximate surface area is 237 Å². The minimum absolute atomic E-state index is 0.180. The van der Waals surface area contributed by atoms with Gasteiger partial charge in [-0.25, -0.2) is 9.18 Å². The predicted octanol–water partition coefficient (Wildman–Crippen LogP) is 6.28. The molecule has 2 fully saturated rings. The summed E-state index contributed by atoms with van der Waals surface area (Å²) in [5.74, 6) is -0.0193. The number of hydrogen-bond acceptors (Lipinski definition) is 5. The molecule has 5 rings (SSSR count). The summed E-state index contributed by atoms with van der Waals surface area (Å²) in [4.78, 5) is 19.5. The molecule has 1 amide bonds. The summed E-state index contributed by atoms with van der Waals surface area (Å²) in [5.41, 5.74) is 4.69. The molecule has 0 saturated carbocycles. The predicted molar refractivity (Wildman–Crippen MR) is 157 cm³/mol. The number of ether oxygens (including phenoxy) is 2. The number of nitrogens with zero attached hydrogens (tertiary/aromatic N) is 3. The third-order valence-electron chi connectivity index (χ3n) is 8.01. The number of piperidine rings is 1. The van der Waals surface area contributed by atoms with Gasteiger partial charge in [0.15, 0.2) is 0 Å². The molecule has 3 aromatic carbocycles. The highest BCUT2D eigenvalue weighted by atomic mass is 19.1. The van der Waals surface area contributed by atoms with Crippen LogP contribution in [-0.2, 0) is 29.0 Å². The molecule has 40 heavy (non-hydrogen) atoms. The SMILES string of the molecule is CCc1ccc(CN2CCC(CN(C(=O)OCc3ccccc3)c3ccc(N4CCOCC4)c(F)c3)CC2)cc1. The second-order valence-electron chi connectivity index (χ2n) is 10.8. The molecular formula is C33H40FN3O3. The minimum Gasteiger partial charge on any atom is -0.444 e. The summed E-state index contributed by atoms with van der Waals surface area (Å²) >= 11 is 0. The van der Waals surface area contributed by atoms with E-state index in [1.54, 1.807) is 11.0 Å². The molecule has 2 aliphatic rings. The summed E-state index contributed by atoms with van der Waals surface area (Å²) in [6, 6.07) is 23.6. The molecule has 6 nitrogen and oxygen atoms in total. The number of benzene rings is 3. The first kappa shape index (κ1) is 28.1. The fourth-order valence-electron chi connectivity index (χ4n) is 5.53. The van der Waals surface area contributed by atoms with Crippen LogP contribution < -0.4 is 9.80 Å². The molecule has 2 saturated heterocycles. The molecular weight excluding hydrogens is 505 g/mol. The van der Waals surface area contributed by atoms with Gasteiger partial charge in [0.2, 0.25) is 0 Å². The Kier molecular flexibility index (Phi) is 9.68. The zero-order valence-corrected chi connectivity index (χ0v) is 23.4. The number of likely N-dealkylation sites (tertiary alicyclic amines) is 1. The topological polar surface area (TPSA) is 45.2 Å². The first-order chi connectivity index (χ1) is 19.6. The lowest BCUT2D eigenvalue weighted by Gasteiger charge is -2.35. The Hall–Kier alpha value is -3.42. The van der Waals surface area contributed by atoms with Gasteiger partial charge in [0.1, 0.15) is 12.4 Å². The molecule has 0 aliphatic carbocycles. The van der Waals surface area contributed by atoms with E-state index >= 15 is 4.39 Å². The van der Waals surface area contributed by atoms with E-state index in [4.69, 9.17) is 9.47 Å². The number of hydrogen-bond donors (Lipinski definition) is 0. The number of halogens is 1. The van der Waals surface area contributed by atoms with Crippen molar-refractivity contribution in [2.45, 2.75) is 39.3 Å². The van der Waals surface area contributed by atoms with Crippen LogP contribution in [0.2, 0.25) is 0 Å². The molecule has 0 N–H and O–H groups in total. The Bertz CT molecular complexity index is 1220. The van der Waals surface area contributed by atoms with Gasteiger partial charge >= 0.3 is 6.09 Å². The number of anilines is 2. The van der Waals surface area contributed by atoms with E-state index in [0.29, 0.717) is 50.1 Å². The highest BCUT2D eigenvalue weighted by molar-refractivity contribution is 5.88. The van der Waals surface area contributed by atoms with Crippen LogP contribution in [0.25, 0.3) is 0 Å². The van der Waals surface area contributed by atoms with E-state index in [1.165, 1.54) is 17.2 Å². The molecule has 0 spiro atoms. The number of carbonyl (C=O) groups excluding carboxylic acids is 1. The quantitative estimate of drug-likeness (QED) is 0.317. The van der Waals surface area contributed by atoms with Gasteiger partial charge < -0.3 is 14.4 Å². The Morgan fingerprint density at radius 2 is 1.62 bits per heavy atom. The fourth-order valence-corrected chi connectivity index (χ4v) is 5.53. The van der Waals surface area contributed by atoms with Gasteiger partial charge in [0.05, 0.1) is 24.6 Å². The molecule has 212 valence electrons. The van der Waals surface area contributed by atoms with Crippen molar-refractivity contribution in [3.63, 3.8) is 0 Å². The van der Waals surface area contributed by atoms with Gasteiger partial charge in [-0.1, -0.05) is 61.5 Å². The lowest BCUT2D eigenvalue weighted by atomic mass is 9.95. The van der Waals surface area contributed by atoms with Gasteiger partial charge in [-0.2, -0.15) is 0 Å². The van der Waals surface area contributed by atoms with Gasteiger partial charge in [-0.3, -0.25) is 9.80 Å². The van der Waals surface area contributed by atoms with Crippen LogP contribution in [0.3, 0.4) is 0 Å². The maximum absolute atomic E-state index is 15.3. The van der Waals surface area contributed by atoms with Crippen LogP contribution in [0.5, 0.6) is 0 Å². The van der Waals surface area contributed by atoms with E-state index in [9.17, 15) is 4.79 Å². The molecule has 2 heterocycles. The van der Waals surface area contributed by atoms with Crippen molar-refractivity contribution in [3.8, 4) is 0 Å². The summed E-state index contributed by atoms with van der Waals surface area (Å²) in [6.45, 7) is 8.21. The second-order valence-corrected chi connectivity index (χ2v) is 10.8. The van der Waals surface area contributed by atoms with Gasteiger partial charge in [-0.05, 0) is 73.2 Å². The molecule has 0 radical (unpaired) electrons. The van der Waals surface area contributed by atoms with Crippen LogP contribution in [0, 0.1) is 11.7 Å². The Morgan fingerprint density at radius 3 is 2.30 bits per heavy atom. The summed E-state index contributed by atoms with van der Waals surface area (Å²) in [6.07, 6.45) is 2.56. The highest BCUT2D eigenvalue weighted by Crippen LogP contribution is 2.29. The molecule has 3 aromatic rings. The maximum atomic E-state index is 15.3. The molecule has 0 aromatic heterocycles. The summed E-state index contributed by atoms with van der Waals surface area (Å²) < 4.78 is 26.5. The van der Waals surface area contributed by atoms with Crippen molar-refractivity contribution < 1.29 is 18.7 Å². The number of amides is 1. The zero-order chi connectivity index (χ0) is 27.7. The second kappa shape index (κ2) is 13.8. The van der Waals surface area contributed by atoms with Crippen LogP contribution in [0.1, 0.15) is 36.5 Å². The van der Waals surface area contributed by atoms with Crippen molar-refractivity contribution in [1.82, 2.24) is 4.90 Å². The van der Waals surface area contributed by atoms with Crippen molar-refractivity contribution in [1.29, 1.82) is 0 Å². The van der Waals surface area contributed by atoms with E-state index < -0.39 is 6.09 Å². The summed E-state index contributed by atoms with van der Waals surface area (Å²) in [7, 11) is 0. The lowest BCUT2D eigenvalue weighted by Crippen LogP contribution is -2.41. The molecule has 0 unspecified atom stereocenters. The van der Waals surface area contributed by atoms with Crippen molar-refractivity contribution >= 4 is 17.5 Å². The van der Waals surface area contributed by atoms with Crippen LogP contribution in [-0.4, -0.2) is 56.9 Å².